The number of hydrogen-bond acceptors (Lipinski definition) is 4. The molecule has 1 aromatic carbocycles. The van der Waals surface area contributed by atoms with Crippen molar-refractivity contribution in [2.24, 2.45) is 5.92 Å². The Kier molecular flexibility index (Phi) is 2.68. The predicted molar refractivity (Wildman–Crippen MR) is 76.0 cm³/mol. The Balaban J connectivity index is 1.54. The van der Waals surface area contributed by atoms with Gasteiger partial charge in [-0.1, -0.05) is 0 Å². The van der Waals surface area contributed by atoms with Crippen LogP contribution in [0.2, 0.25) is 0 Å². The zero-order valence-corrected chi connectivity index (χ0v) is 11.5. The Hall–Kier alpha value is -1.66. The normalized spacial score (nSPS) is 28.1. The minimum absolute atomic E-state index is 0.0258. The number of anilines is 1. The molecule has 5 nitrogen and oxygen atoms in total. The van der Waals surface area contributed by atoms with Crippen molar-refractivity contribution in [2.45, 2.75) is 31.5 Å². The van der Waals surface area contributed by atoms with E-state index >= 15 is 0 Å². The van der Waals surface area contributed by atoms with Crippen molar-refractivity contribution in [3.8, 4) is 0 Å². The van der Waals surface area contributed by atoms with Crippen LogP contribution in [0.1, 0.15) is 19.3 Å². The molecule has 3 atom stereocenters. The Bertz CT molecular complexity index is 735. The van der Waals surface area contributed by atoms with E-state index in [1.807, 2.05) is 12.1 Å². The minimum Gasteiger partial charge on any atom is -0.429 e. The van der Waals surface area contributed by atoms with Gasteiger partial charge in [0.2, 0.25) is 5.91 Å². The van der Waals surface area contributed by atoms with Gasteiger partial charge in [-0.05, 0) is 43.6 Å². The minimum atomic E-state index is -0.0258. The van der Waals surface area contributed by atoms with E-state index in [0.717, 1.165) is 30.5 Å². The topological polar surface area (TPSA) is 67.3 Å². The van der Waals surface area contributed by atoms with E-state index in [4.69, 9.17) is 21.4 Å². The Labute approximate surface area is 120 Å². The smallest absolute Gasteiger partial charge is 0.266 e. The summed E-state index contributed by atoms with van der Waals surface area (Å²) < 4.78 is 11.1. The zero-order valence-electron chi connectivity index (χ0n) is 10.7. The van der Waals surface area contributed by atoms with Gasteiger partial charge < -0.3 is 19.5 Å². The average Bonchev–Trinajstić information content (AvgIpc) is 3.11. The summed E-state index contributed by atoms with van der Waals surface area (Å²) in [5, 5.41) is 2.94. The quantitative estimate of drug-likeness (QED) is 0.834. The van der Waals surface area contributed by atoms with Gasteiger partial charge in [0.15, 0.2) is 5.58 Å². The van der Waals surface area contributed by atoms with Gasteiger partial charge in [-0.2, -0.15) is 0 Å². The molecular weight excluding hydrogens is 276 g/mol. The number of aromatic nitrogens is 1. The average molecular weight is 290 g/mol. The summed E-state index contributed by atoms with van der Waals surface area (Å²) >= 11 is 4.94. The number of oxazole rings is 1. The highest BCUT2D eigenvalue weighted by Gasteiger charge is 2.44. The van der Waals surface area contributed by atoms with Crippen molar-refractivity contribution >= 4 is 34.9 Å². The first kappa shape index (κ1) is 12.1. The molecule has 6 heteroatoms. The number of amides is 1. The van der Waals surface area contributed by atoms with Crippen LogP contribution in [0.15, 0.2) is 22.6 Å². The van der Waals surface area contributed by atoms with Gasteiger partial charge >= 0.3 is 0 Å². The van der Waals surface area contributed by atoms with E-state index < -0.39 is 0 Å². The molecule has 4 rings (SSSR count). The lowest BCUT2D eigenvalue weighted by atomic mass is 9.88. The third-order valence-corrected chi connectivity index (χ3v) is 4.32. The molecule has 0 radical (unpaired) electrons. The number of ether oxygens (including phenoxy) is 1. The third-order valence-electron chi connectivity index (χ3n) is 4.13. The number of aromatic amines is 1. The number of nitrogens with one attached hydrogen (secondary N) is 2. The molecule has 3 heterocycles. The van der Waals surface area contributed by atoms with Crippen LogP contribution in [0.4, 0.5) is 5.69 Å². The fourth-order valence-corrected chi connectivity index (χ4v) is 3.37. The highest BCUT2D eigenvalue weighted by atomic mass is 32.1. The highest BCUT2D eigenvalue weighted by molar-refractivity contribution is 7.71. The van der Waals surface area contributed by atoms with Crippen LogP contribution in [0.25, 0.3) is 11.1 Å². The molecule has 0 unspecified atom stereocenters. The number of hydrogen-bond donors (Lipinski definition) is 2. The van der Waals surface area contributed by atoms with Gasteiger partial charge in [0.05, 0.1) is 23.6 Å². The molecule has 0 aliphatic carbocycles. The molecule has 2 aliphatic rings. The van der Waals surface area contributed by atoms with Gasteiger partial charge in [-0.3, -0.25) is 4.79 Å². The molecule has 2 N–H and O–H groups in total. The summed E-state index contributed by atoms with van der Waals surface area (Å²) in [4.78, 5) is 15.6. The molecular formula is C14H14N2O3S. The number of carbonyl (C=O) groups excluding carboxylic acids is 1. The largest absolute Gasteiger partial charge is 0.429 e. The second-order valence-corrected chi connectivity index (χ2v) is 5.80. The Morgan fingerprint density at radius 1 is 1.40 bits per heavy atom. The molecule has 2 aliphatic heterocycles. The van der Waals surface area contributed by atoms with E-state index in [0.29, 0.717) is 10.4 Å². The lowest BCUT2D eigenvalue weighted by Gasteiger charge is -2.17. The Morgan fingerprint density at radius 3 is 3.05 bits per heavy atom. The molecule has 2 aromatic rings. The highest BCUT2D eigenvalue weighted by Crippen LogP contribution is 2.39. The second-order valence-electron chi connectivity index (χ2n) is 5.43. The molecule has 104 valence electrons. The maximum absolute atomic E-state index is 12.3. The standard InChI is InChI=1S/C14H14N2O3S/c17-13(9-6-8-2-4-11(9)18-8)15-7-1-3-10-12(5-7)19-14(20)16-10/h1,3,5,8-9,11H,2,4,6H2,(H,15,17)(H,16,20)/t8-,9-,11-/m1/s1. The first-order valence-electron chi connectivity index (χ1n) is 6.78. The summed E-state index contributed by atoms with van der Waals surface area (Å²) in [6, 6.07) is 5.48. The van der Waals surface area contributed by atoms with E-state index in [1.165, 1.54) is 0 Å². The monoisotopic (exact) mass is 290 g/mol. The number of fused-ring (bicyclic) bond motifs is 3. The van der Waals surface area contributed by atoms with Crippen LogP contribution < -0.4 is 5.32 Å². The van der Waals surface area contributed by atoms with Crippen LogP contribution in [0.5, 0.6) is 0 Å². The lowest BCUT2D eigenvalue weighted by Crippen LogP contribution is -2.30. The van der Waals surface area contributed by atoms with Crippen molar-refractivity contribution in [1.29, 1.82) is 0 Å². The predicted octanol–water partition coefficient (Wildman–Crippen LogP) is 3.00. The maximum atomic E-state index is 12.3. The van der Waals surface area contributed by atoms with Crippen LogP contribution in [0.3, 0.4) is 0 Å². The van der Waals surface area contributed by atoms with Crippen molar-refractivity contribution < 1.29 is 13.9 Å². The van der Waals surface area contributed by atoms with Crippen molar-refractivity contribution in [3.63, 3.8) is 0 Å². The summed E-state index contributed by atoms with van der Waals surface area (Å²) in [5.74, 6) is 0.00723. The van der Waals surface area contributed by atoms with E-state index in [2.05, 4.69) is 10.3 Å². The van der Waals surface area contributed by atoms with E-state index in [1.54, 1.807) is 6.07 Å². The maximum Gasteiger partial charge on any atom is 0.266 e. The lowest BCUT2D eigenvalue weighted by molar-refractivity contribution is -0.121. The number of benzene rings is 1. The summed E-state index contributed by atoms with van der Waals surface area (Å²) in [7, 11) is 0. The zero-order chi connectivity index (χ0) is 13.7. The van der Waals surface area contributed by atoms with Crippen LogP contribution in [-0.2, 0) is 9.53 Å². The number of carbonyl (C=O) groups is 1. The molecule has 2 fully saturated rings. The fraction of sp³-hybridized carbons (Fsp3) is 0.429. The van der Waals surface area contributed by atoms with Crippen LogP contribution >= 0.6 is 12.2 Å². The van der Waals surface area contributed by atoms with Crippen molar-refractivity contribution in [1.82, 2.24) is 4.98 Å². The molecule has 1 amide bonds. The van der Waals surface area contributed by atoms with Gasteiger partial charge in [0, 0.05) is 11.8 Å². The number of H-pyrrole nitrogens is 1. The molecule has 20 heavy (non-hydrogen) atoms. The second kappa shape index (κ2) is 4.43. The van der Waals surface area contributed by atoms with Gasteiger partial charge in [-0.25, -0.2) is 0 Å². The molecule has 2 saturated heterocycles. The van der Waals surface area contributed by atoms with Crippen molar-refractivity contribution in [2.75, 3.05) is 5.32 Å². The SMILES string of the molecule is O=C(Nc1ccc2[nH]c(=S)oc2c1)[C@@H]1C[C@H]2CC[C@H]1O2. The van der Waals surface area contributed by atoms with E-state index in [9.17, 15) is 4.79 Å². The summed E-state index contributed by atoms with van der Waals surface area (Å²) in [6.45, 7) is 0. The Morgan fingerprint density at radius 2 is 2.30 bits per heavy atom. The summed E-state index contributed by atoms with van der Waals surface area (Å²) in [5.41, 5.74) is 2.20. The van der Waals surface area contributed by atoms with Crippen molar-refractivity contribution in [3.05, 3.63) is 23.0 Å². The fourth-order valence-electron chi connectivity index (χ4n) is 3.17. The molecule has 0 saturated carbocycles. The first-order valence-corrected chi connectivity index (χ1v) is 7.19. The van der Waals surface area contributed by atoms with Gasteiger partial charge in [-0.15, -0.1) is 0 Å². The third kappa shape index (κ3) is 1.96. The van der Waals surface area contributed by atoms with Gasteiger partial charge in [0.1, 0.15) is 0 Å². The first-order chi connectivity index (χ1) is 9.69. The molecule has 0 spiro atoms. The summed E-state index contributed by atoms with van der Waals surface area (Å²) in [6.07, 6.45) is 3.29. The van der Waals surface area contributed by atoms with E-state index in [-0.39, 0.29) is 24.0 Å². The van der Waals surface area contributed by atoms with Crippen LogP contribution in [-0.4, -0.2) is 23.1 Å². The van der Waals surface area contributed by atoms with Crippen LogP contribution in [0, 0.1) is 10.8 Å². The number of rotatable bonds is 2. The van der Waals surface area contributed by atoms with Gasteiger partial charge in [0.25, 0.3) is 4.84 Å². The molecule has 1 aromatic heterocycles. The molecule has 2 bridgehead atoms.